The van der Waals surface area contributed by atoms with Gasteiger partial charge in [-0.1, -0.05) is 36.4 Å². The van der Waals surface area contributed by atoms with Crippen molar-refractivity contribution in [1.82, 2.24) is 20.1 Å². The molecule has 28 heavy (non-hydrogen) atoms. The van der Waals surface area contributed by atoms with Crippen LogP contribution in [-0.2, 0) is 13.6 Å². The number of nitrogens with zero attached hydrogens (tertiary/aromatic N) is 3. The fraction of sp³-hybridized carbons (Fsp3) is 0.0909. The largest absolute Gasteiger partial charge is 0.348 e. The number of carbonyl (C=O) groups is 1. The molecule has 4 rings (SSSR count). The van der Waals surface area contributed by atoms with E-state index < -0.39 is 0 Å². The highest BCUT2D eigenvalue weighted by Crippen LogP contribution is 2.24. The normalized spacial score (nSPS) is 10.8. The van der Waals surface area contributed by atoms with Crippen molar-refractivity contribution in [2.75, 3.05) is 0 Å². The first-order valence-corrected chi connectivity index (χ1v) is 8.87. The summed E-state index contributed by atoms with van der Waals surface area (Å²) in [6.45, 7) is 0.418. The Morgan fingerprint density at radius 1 is 1.00 bits per heavy atom. The quantitative estimate of drug-likeness (QED) is 0.599. The number of benzene rings is 2. The minimum absolute atomic E-state index is 0.134. The molecule has 1 amide bonds. The van der Waals surface area contributed by atoms with Crippen molar-refractivity contribution < 1.29 is 4.79 Å². The summed E-state index contributed by atoms with van der Waals surface area (Å²) in [5.41, 5.74) is 2.91. The molecule has 0 bridgehead atoms. The van der Waals surface area contributed by atoms with E-state index in [0.29, 0.717) is 23.2 Å². The van der Waals surface area contributed by atoms with Crippen LogP contribution in [0.2, 0.25) is 0 Å². The van der Waals surface area contributed by atoms with Gasteiger partial charge in [0.15, 0.2) is 0 Å². The lowest BCUT2D eigenvalue weighted by Gasteiger charge is -2.09. The van der Waals surface area contributed by atoms with E-state index in [1.807, 2.05) is 42.5 Å². The van der Waals surface area contributed by atoms with E-state index in [0.717, 1.165) is 16.5 Å². The minimum Gasteiger partial charge on any atom is -0.348 e. The summed E-state index contributed by atoms with van der Waals surface area (Å²) in [5, 5.41) is 8.71. The standard InChI is InChI=1S/C22H18N4O2/c1-26-22(28)19-7-3-2-6-18(19)20(25-26)16-8-10-17(11-9-16)21(27)24-14-15-5-4-12-23-13-15/h2-13H,14H2,1H3,(H,24,27). The lowest BCUT2D eigenvalue weighted by atomic mass is 10.0. The predicted octanol–water partition coefficient (Wildman–Crippen LogP) is 2.93. The molecular formula is C22H18N4O2. The van der Waals surface area contributed by atoms with Crippen LogP contribution in [0.1, 0.15) is 15.9 Å². The van der Waals surface area contributed by atoms with Gasteiger partial charge in [0.2, 0.25) is 0 Å². The topological polar surface area (TPSA) is 76.9 Å². The number of hydrogen-bond acceptors (Lipinski definition) is 4. The summed E-state index contributed by atoms with van der Waals surface area (Å²) in [6, 6.07) is 18.3. The molecule has 6 heteroatoms. The first-order chi connectivity index (χ1) is 13.6. The highest BCUT2D eigenvalue weighted by Gasteiger charge is 2.11. The summed E-state index contributed by atoms with van der Waals surface area (Å²) in [5.74, 6) is -0.159. The molecule has 0 aliphatic carbocycles. The fourth-order valence-corrected chi connectivity index (χ4v) is 3.08. The van der Waals surface area contributed by atoms with Crippen molar-refractivity contribution in [1.29, 1.82) is 0 Å². The highest BCUT2D eigenvalue weighted by atomic mass is 16.1. The third-order valence-corrected chi connectivity index (χ3v) is 4.55. The molecule has 0 aliphatic heterocycles. The van der Waals surface area contributed by atoms with Crippen LogP contribution in [0.25, 0.3) is 22.0 Å². The zero-order chi connectivity index (χ0) is 19.5. The van der Waals surface area contributed by atoms with Crippen LogP contribution in [0.4, 0.5) is 0 Å². The Hall–Kier alpha value is -3.80. The third kappa shape index (κ3) is 3.40. The van der Waals surface area contributed by atoms with Crippen LogP contribution < -0.4 is 10.9 Å². The van der Waals surface area contributed by atoms with Crippen molar-refractivity contribution in [3.05, 3.63) is 94.5 Å². The zero-order valence-corrected chi connectivity index (χ0v) is 15.3. The molecule has 6 nitrogen and oxygen atoms in total. The molecule has 2 heterocycles. The van der Waals surface area contributed by atoms with Gasteiger partial charge in [-0.05, 0) is 29.8 Å². The van der Waals surface area contributed by atoms with Crippen LogP contribution in [0.3, 0.4) is 0 Å². The van der Waals surface area contributed by atoms with Gasteiger partial charge in [-0.3, -0.25) is 14.6 Å². The van der Waals surface area contributed by atoms with E-state index in [9.17, 15) is 9.59 Å². The van der Waals surface area contributed by atoms with E-state index >= 15 is 0 Å². The molecule has 0 aliphatic rings. The molecule has 2 aromatic heterocycles. The van der Waals surface area contributed by atoms with Gasteiger partial charge in [0, 0.05) is 42.5 Å². The van der Waals surface area contributed by atoms with E-state index in [-0.39, 0.29) is 11.5 Å². The number of aryl methyl sites for hydroxylation is 1. The second-order valence-corrected chi connectivity index (χ2v) is 6.44. The van der Waals surface area contributed by atoms with Crippen LogP contribution >= 0.6 is 0 Å². The van der Waals surface area contributed by atoms with Gasteiger partial charge in [-0.2, -0.15) is 5.10 Å². The Kier molecular flexibility index (Phi) is 4.68. The Morgan fingerprint density at radius 2 is 1.75 bits per heavy atom. The predicted molar refractivity (Wildman–Crippen MR) is 108 cm³/mol. The zero-order valence-electron chi connectivity index (χ0n) is 15.3. The van der Waals surface area contributed by atoms with Gasteiger partial charge in [0.05, 0.1) is 11.1 Å². The van der Waals surface area contributed by atoms with Gasteiger partial charge in [-0.15, -0.1) is 0 Å². The molecule has 0 saturated heterocycles. The molecule has 1 N–H and O–H groups in total. The van der Waals surface area contributed by atoms with Crippen molar-refractivity contribution in [2.45, 2.75) is 6.54 Å². The van der Waals surface area contributed by atoms with Crippen LogP contribution in [0.5, 0.6) is 0 Å². The molecule has 0 spiro atoms. The second-order valence-electron chi connectivity index (χ2n) is 6.44. The molecule has 138 valence electrons. The minimum atomic E-state index is -0.159. The van der Waals surface area contributed by atoms with E-state index in [1.54, 1.807) is 37.6 Å². The molecule has 0 atom stereocenters. The monoisotopic (exact) mass is 370 g/mol. The lowest BCUT2D eigenvalue weighted by Crippen LogP contribution is -2.22. The van der Waals surface area contributed by atoms with Crippen LogP contribution in [0.15, 0.2) is 77.9 Å². The maximum Gasteiger partial charge on any atom is 0.274 e. The Balaban J connectivity index is 1.60. The maximum absolute atomic E-state index is 12.4. The van der Waals surface area contributed by atoms with Crippen molar-refractivity contribution in [2.24, 2.45) is 7.05 Å². The van der Waals surface area contributed by atoms with Crippen LogP contribution in [0, 0.1) is 0 Å². The Bertz CT molecular complexity index is 1200. The number of pyridine rings is 1. The van der Waals surface area contributed by atoms with Gasteiger partial charge in [0.25, 0.3) is 11.5 Å². The van der Waals surface area contributed by atoms with Gasteiger partial charge < -0.3 is 5.32 Å². The van der Waals surface area contributed by atoms with Crippen molar-refractivity contribution in [3.8, 4) is 11.3 Å². The summed E-state index contributed by atoms with van der Waals surface area (Å²) in [7, 11) is 1.64. The number of amides is 1. The molecular weight excluding hydrogens is 352 g/mol. The Morgan fingerprint density at radius 3 is 2.46 bits per heavy atom. The summed E-state index contributed by atoms with van der Waals surface area (Å²) < 4.78 is 1.34. The average Bonchev–Trinajstić information content (AvgIpc) is 2.75. The maximum atomic E-state index is 12.4. The molecule has 0 unspecified atom stereocenters. The highest BCUT2D eigenvalue weighted by molar-refractivity contribution is 5.96. The van der Waals surface area contributed by atoms with Crippen LogP contribution in [-0.4, -0.2) is 20.7 Å². The van der Waals surface area contributed by atoms with Gasteiger partial charge >= 0.3 is 0 Å². The SMILES string of the molecule is Cn1nc(-c2ccc(C(=O)NCc3cccnc3)cc2)c2ccccc2c1=O. The fourth-order valence-electron chi connectivity index (χ4n) is 3.08. The molecule has 4 aromatic rings. The van der Waals surface area contributed by atoms with Gasteiger partial charge in [0.1, 0.15) is 0 Å². The molecule has 0 saturated carbocycles. The summed E-state index contributed by atoms with van der Waals surface area (Å²) in [4.78, 5) is 28.7. The number of hydrogen-bond donors (Lipinski definition) is 1. The average molecular weight is 370 g/mol. The number of nitrogens with one attached hydrogen (secondary N) is 1. The Labute approximate surface area is 161 Å². The molecule has 0 fully saturated rings. The first kappa shape index (κ1) is 17.6. The van der Waals surface area contributed by atoms with Crippen molar-refractivity contribution in [3.63, 3.8) is 0 Å². The molecule has 2 aromatic carbocycles. The second kappa shape index (κ2) is 7.44. The van der Waals surface area contributed by atoms with E-state index in [1.165, 1.54) is 4.68 Å². The summed E-state index contributed by atoms with van der Waals surface area (Å²) >= 11 is 0. The van der Waals surface area contributed by atoms with Crippen molar-refractivity contribution >= 4 is 16.7 Å². The number of fused-ring (bicyclic) bond motifs is 1. The summed E-state index contributed by atoms with van der Waals surface area (Å²) in [6.07, 6.45) is 3.42. The number of aromatic nitrogens is 3. The number of rotatable bonds is 4. The smallest absolute Gasteiger partial charge is 0.274 e. The lowest BCUT2D eigenvalue weighted by molar-refractivity contribution is 0.0951. The third-order valence-electron chi connectivity index (χ3n) is 4.55. The molecule has 0 radical (unpaired) electrons. The van der Waals surface area contributed by atoms with E-state index in [2.05, 4.69) is 15.4 Å². The van der Waals surface area contributed by atoms with E-state index in [4.69, 9.17) is 0 Å². The first-order valence-electron chi connectivity index (χ1n) is 8.87. The van der Waals surface area contributed by atoms with Gasteiger partial charge in [-0.25, -0.2) is 4.68 Å². The number of carbonyl (C=O) groups excluding carboxylic acids is 1.